The number of carbonyl (C=O) groups excluding carboxylic acids is 1. The first-order chi connectivity index (χ1) is 8.73. The summed E-state index contributed by atoms with van der Waals surface area (Å²) < 4.78 is 16.3. The Labute approximate surface area is 108 Å². The zero-order valence-corrected chi connectivity index (χ0v) is 10.9. The van der Waals surface area contributed by atoms with Crippen molar-refractivity contribution in [2.45, 2.75) is 51.1 Å². The van der Waals surface area contributed by atoms with Crippen molar-refractivity contribution in [2.24, 2.45) is 0 Å². The Morgan fingerprint density at radius 1 is 1.39 bits per heavy atom. The number of allylic oxidation sites excluding steroid dienone is 4. The van der Waals surface area contributed by atoms with Gasteiger partial charge in [-0.15, -0.1) is 0 Å². The van der Waals surface area contributed by atoms with Gasteiger partial charge in [0, 0.05) is 13.0 Å². The van der Waals surface area contributed by atoms with Crippen molar-refractivity contribution < 1.29 is 19.0 Å². The number of fused-ring (bicyclic) bond motifs is 1. The van der Waals surface area contributed by atoms with E-state index >= 15 is 0 Å². The molecule has 2 rings (SSSR count). The van der Waals surface area contributed by atoms with Crippen molar-refractivity contribution in [3.63, 3.8) is 0 Å². The molecule has 2 saturated heterocycles. The first-order valence-electron chi connectivity index (χ1n) is 6.52. The molecule has 0 amide bonds. The summed E-state index contributed by atoms with van der Waals surface area (Å²) in [5.74, 6) is -1.13. The van der Waals surface area contributed by atoms with Crippen molar-refractivity contribution in [3.8, 4) is 0 Å². The van der Waals surface area contributed by atoms with Crippen LogP contribution in [-0.4, -0.2) is 30.6 Å². The molecule has 0 N–H and O–H groups in total. The van der Waals surface area contributed by atoms with Gasteiger partial charge in [0.2, 0.25) is 5.79 Å². The highest BCUT2D eigenvalue weighted by Crippen LogP contribution is 2.46. The smallest absolute Gasteiger partial charge is 0.340 e. The lowest BCUT2D eigenvalue weighted by molar-refractivity contribution is -0.235. The van der Waals surface area contributed by atoms with E-state index in [1.54, 1.807) is 0 Å². The van der Waals surface area contributed by atoms with Crippen molar-refractivity contribution in [1.29, 1.82) is 0 Å². The monoisotopic (exact) mass is 252 g/mol. The van der Waals surface area contributed by atoms with Crippen LogP contribution in [0.4, 0.5) is 0 Å². The molecule has 4 heteroatoms. The topological polar surface area (TPSA) is 48.1 Å². The highest BCUT2D eigenvalue weighted by atomic mass is 16.8. The van der Waals surface area contributed by atoms with Gasteiger partial charge in [-0.1, -0.05) is 24.3 Å². The van der Waals surface area contributed by atoms with Crippen molar-refractivity contribution in [3.05, 3.63) is 24.3 Å². The van der Waals surface area contributed by atoms with Crippen molar-refractivity contribution >= 4 is 5.97 Å². The second kappa shape index (κ2) is 5.67. The van der Waals surface area contributed by atoms with Crippen molar-refractivity contribution in [1.82, 2.24) is 0 Å². The molecule has 0 unspecified atom stereocenters. The van der Waals surface area contributed by atoms with Gasteiger partial charge in [-0.2, -0.15) is 0 Å². The van der Waals surface area contributed by atoms with Gasteiger partial charge in [-0.3, -0.25) is 0 Å². The lowest BCUT2D eigenvalue weighted by atomic mass is 10.1. The van der Waals surface area contributed by atoms with Gasteiger partial charge >= 0.3 is 5.97 Å². The lowest BCUT2D eigenvalue weighted by Gasteiger charge is -2.27. The van der Waals surface area contributed by atoms with E-state index in [1.165, 1.54) is 0 Å². The van der Waals surface area contributed by atoms with Crippen LogP contribution in [0.5, 0.6) is 0 Å². The Hall–Kier alpha value is -1.13. The van der Waals surface area contributed by atoms with E-state index in [0.717, 1.165) is 12.8 Å². The molecule has 0 aliphatic carbocycles. The Balaban J connectivity index is 1.84. The van der Waals surface area contributed by atoms with Gasteiger partial charge in [0.15, 0.2) is 12.2 Å². The maximum atomic E-state index is 11.4. The maximum Gasteiger partial charge on any atom is 0.340 e. The Morgan fingerprint density at radius 3 is 2.78 bits per heavy atom. The van der Waals surface area contributed by atoms with E-state index in [4.69, 9.17) is 14.2 Å². The number of cyclic esters (lactones) is 1. The summed E-state index contributed by atoms with van der Waals surface area (Å²) >= 11 is 0. The van der Waals surface area contributed by atoms with Gasteiger partial charge in [-0.25, -0.2) is 4.79 Å². The summed E-state index contributed by atoms with van der Waals surface area (Å²) in [6.07, 6.45) is 10.1. The van der Waals surface area contributed by atoms with E-state index < -0.39 is 5.79 Å². The summed E-state index contributed by atoms with van der Waals surface area (Å²) in [6, 6.07) is 0. The molecule has 0 aromatic heterocycles. The zero-order valence-electron chi connectivity index (χ0n) is 10.9. The lowest BCUT2D eigenvalue weighted by Crippen LogP contribution is -2.39. The fraction of sp³-hybridized carbons (Fsp3) is 0.643. The molecule has 18 heavy (non-hydrogen) atoms. The minimum Gasteiger partial charge on any atom is -0.428 e. The number of epoxide rings is 1. The highest BCUT2D eigenvalue weighted by molar-refractivity contribution is 5.81. The molecule has 0 radical (unpaired) electrons. The van der Waals surface area contributed by atoms with Gasteiger partial charge < -0.3 is 14.2 Å². The predicted octanol–water partition coefficient (Wildman–Crippen LogP) is 2.35. The minimum absolute atomic E-state index is 0.200. The Kier molecular flexibility index (Phi) is 4.19. The minimum atomic E-state index is -0.846. The number of rotatable bonds is 7. The van der Waals surface area contributed by atoms with E-state index in [9.17, 15) is 4.79 Å². The molecule has 4 nitrogen and oxygen atoms in total. The van der Waals surface area contributed by atoms with E-state index in [1.807, 2.05) is 19.9 Å². The first kappa shape index (κ1) is 13.3. The number of hydrogen-bond acceptors (Lipinski definition) is 4. The average molecular weight is 252 g/mol. The van der Waals surface area contributed by atoms with Crippen molar-refractivity contribution in [2.75, 3.05) is 6.61 Å². The molecule has 2 aliphatic heterocycles. The molecular weight excluding hydrogens is 232 g/mol. The van der Waals surface area contributed by atoms with Gasteiger partial charge in [0.1, 0.15) is 0 Å². The Bertz CT molecular complexity index is 361. The van der Waals surface area contributed by atoms with Crippen LogP contribution in [-0.2, 0) is 19.0 Å². The SMILES string of the molecule is C/C=C/C/C=C/CC[C@]1(OCC)OC(=O)[C@@H]2O[C@@H]21. The van der Waals surface area contributed by atoms with Crippen LogP contribution >= 0.6 is 0 Å². The molecule has 2 heterocycles. The summed E-state index contributed by atoms with van der Waals surface area (Å²) in [6.45, 7) is 4.41. The highest BCUT2D eigenvalue weighted by Gasteiger charge is 2.68. The first-order valence-corrected chi connectivity index (χ1v) is 6.52. The molecule has 0 saturated carbocycles. The molecule has 2 fully saturated rings. The summed E-state index contributed by atoms with van der Waals surface area (Å²) in [5, 5.41) is 0. The normalized spacial score (nSPS) is 34.2. The average Bonchev–Trinajstić information content (AvgIpc) is 3.10. The maximum absolute atomic E-state index is 11.4. The second-order valence-electron chi connectivity index (χ2n) is 4.46. The van der Waals surface area contributed by atoms with E-state index in [2.05, 4.69) is 18.2 Å². The summed E-state index contributed by atoms with van der Waals surface area (Å²) in [7, 11) is 0. The van der Waals surface area contributed by atoms with E-state index in [-0.39, 0.29) is 18.2 Å². The van der Waals surface area contributed by atoms with Gasteiger partial charge in [0.25, 0.3) is 0 Å². The standard InChI is InChI=1S/C14H20O4/c1-3-5-6-7-8-9-10-14(16-4-2)12-11(17-12)13(15)18-14/h3,5,7-8,11-12H,4,6,9-10H2,1-2H3/b5-3+,8-7+/t11-,12+,14+/m1/s1. The van der Waals surface area contributed by atoms with Crippen LogP contribution in [0.25, 0.3) is 0 Å². The van der Waals surface area contributed by atoms with Crippen LogP contribution in [0.15, 0.2) is 24.3 Å². The third-order valence-corrected chi connectivity index (χ3v) is 3.15. The number of esters is 1. The molecule has 0 spiro atoms. The third kappa shape index (κ3) is 2.65. The number of ether oxygens (including phenoxy) is 3. The molecule has 0 aromatic rings. The number of carbonyl (C=O) groups is 1. The third-order valence-electron chi connectivity index (χ3n) is 3.15. The van der Waals surface area contributed by atoms with Gasteiger partial charge in [0.05, 0.1) is 0 Å². The summed E-state index contributed by atoms with van der Waals surface area (Å²) in [4.78, 5) is 11.4. The van der Waals surface area contributed by atoms with Crippen LogP contribution in [0.2, 0.25) is 0 Å². The zero-order chi connectivity index (χ0) is 13.0. The summed E-state index contributed by atoms with van der Waals surface area (Å²) in [5.41, 5.74) is 0. The predicted molar refractivity (Wildman–Crippen MR) is 66.9 cm³/mol. The van der Waals surface area contributed by atoms with Crippen LogP contribution in [0.1, 0.15) is 33.1 Å². The van der Waals surface area contributed by atoms with Crippen LogP contribution in [0.3, 0.4) is 0 Å². The number of hydrogen-bond donors (Lipinski definition) is 0. The van der Waals surface area contributed by atoms with Crippen LogP contribution < -0.4 is 0 Å². The largest absolute Gasteiger partial charge is 0.428 e. The van der Waals surface area contributed by atoms with Gasteiger partial charge in [-0.05, 0) is 26.7 Å². The Morgan fingerprint density at radius 2 is 2.22 bits per heavy atom. The molecule has 100 valence electrons. The molecule has 2 aliphatic rings. The quantitative estimate of drug-likeness (QED) is 0.396. The van der Waals surface area contributed by atoms with E-state index in [0.29, 0.717) is 13.0 Å². The molecular formula is C14H20O4. The molecule has 3 atom stereocenters. The molecule has 0 bridgehead atoms. The van der Waals surface area contributed by atoms with Crippen LogP contribution in [0, 0.1) is 0 Å². The fourth-order valence-electron chi connectivity index (χ4n) is 2.25. The molecule has 0 aromatic carbocycles. The fourth-order valence-corrected chi connectivity index (χ4v) is 2.25. The second-order valence-corrected chi connectivity index (χ2v) is 4.46.